The third-order valence-corrected chi connectivity index (χ3v) is 3.12. The van der Waals surface area contributed by atoms with Gasteiger partial charge in [0.15, 0.2) is 0 Å². The normalized spacial score (nSPS) is 25.4. The molecule has 82 valence electrons. The Labute approximate surface area is 88.9 Å². The van der Waals surface area contributed by atoms with Gasteiger partial charge in [0.2, 0.25) is 0 Å². The fraction of sp³-hybridized carbons (Fsp3) is 0.917. The molecule has 0 aromatic rings. The van der Waals surface area contributed by atoms with Crippen molar-refractivity contribution in [2.75, 3.05) is 13.1 Å². The molecule has 2 heteroatoms. The van der Waals surface area contributed by atoms with Gasteiger partial charge in [-0.15, -0.1) is 0 Å². The highest BCUT2D eigenvalue weighted by Crippen LogP contribution is 2.06. The van der Waals surface area contributed by atoms with Crippen LogP contribution >= 0.6 is 0 Å². The van der Waals surface area contributed by atoms with E-state index in [1.54, 1.807) is 0 Å². The Kier molecular flexibility index (Phi) is 8.67. The summed E-state index contributed by atoms with van der Waals surface area (Å²) in [7, 11) is 0. The molecule has 1 aliphatic heterocycles. The summed E-state index contributed by atoms with van der Waals surface area (Å²) >= 11 is 0. The van der Waals surface area contributed by atoms with Crippen molar-refractivity contribution in [2.45, 2.75) is 58.4 Å². The van der Waals surface area contributed by atoms with Crippen LogP contribution < -0.4 is 4.90 Å². The molecule has 1 fully saturated rings. The molecule has 0 spiro atoms. The molecule has 0 radical (unpaired) electrons. The third-order valence-electron chi connectivity index (χ3n) is 3.12. The van der Waals surface area contributed by atoms with Crippen LogP contribution in [-0.2, 0) is 0 Å². The van der Waals surface area contributed by atoms with Gasteiger partial charge in [-0.3, -0.25) is 0 Å². The van der Waals surface area contributed by atoms with Crippen molar-refractivity contribution < 1.29 is 4.90 Å². The van der Waals surface area contributed by atoms with Crippen LogP contribution in [0.5, 0.6) is 0 Å². The van der Waals surface area contributed by atoms with Crippen LogP contribution in [0, 0.1) is 11.8 Å². The highest BCUT2D eigenvalue weighted by atomic mass is 15.2. The first-order valence-corrected chi connectivity index (χ1v) is 5.95. The fourth-order valence-electron chi connectivity index (χ4n) is 2.41. The molecule has 1 N–H and O–H groups in total. The molecular formula is C12H24N2. The van der Waals surface area contributed by atoms with Gasteiger partial charge in [0, 0.05) is 12.8 Å². The maximum atomic E-state index is 6.25. The van der Waals surface area contributed by atoms with Crippen LogP contribution in [0.3, 0.4) is 0 Å². The van der Waals surface area contributed by atoms with Gasteiger partial charge in [-0.05, 0) is 12.8 Å². The number of nitrogens with zero attached hydrogens (tertiary/aromatic N) is 1. The molecule has 1 saturated heterocycles. The fourth-order valence-corrected chi connectivity index (χ4v) is 2.41. The van der Waals surface area contributed by atoms with Crippen LogP contribution in [0.2, 0.25) is 0 Å². The number of quaternary nitrogens is 1. The van der Waals surface area contributed by atoms with Crippen molar-refractivity contribution in [3.63, 3.8) is 0 Å². The minimum absolute atomic E-state index is 1.02. The molecule has 2 nitrogen and oxygen atoms in total. The Morgan fingerprint density at radius 3 is 2.57 bits per heavy atom. The lowest BCUT2D eigenvalue weighted by atomic mass is 10.1. The van der Waals surface area contributed by atoms with Gasteiger partial charge in [-0.2, -0.15) is 0 Å². The molecule has 0 saturated carbocycles. The Balaban J connectivity index is 0.000000791. The predicted octanol–water partition coefficient (Wildman–Crippen LogP) is 1.73. The van der Waals surface area contributed by atoms with E-state index in [-0.39, 0.29) is 0 Å². The smallest absolute Gasteiger partial charge is 0.0876 e. The second kappa shape index (κ2) is 9.02. The number of hydrogen-bond donors (Lipinski definition) is 1. The van der Waals surface area contributed by atoms with E-state index in [0.717, 1.165) is 6.04 Å². The molecule has 2 atom stereocenters. The van der Waals surface area contributed by atoms with E-state index < -0.39 is 0 Å². The summed E-state index contributed by atoms with van der Waals surface area (Å²) in [6.07, 6.45) is 8.59. The molecule has 0 aliphatic carbocycles. The lowest BCUT2D eigenvalue weighted by molar-refractivity contribution is -0.912. The molecular weight excluding hydrogens is 172 g/mol. The summed E-state index contributed by atoms with van der Waals surface area (Å²) in [5, 5.41) is 6.25. The zero-order valence-electron chi connectivity index (χ0n) is 9.68. The highest BCUT2D eigenvalue weighted by Gasteiger charge is 2.26. The van der Waals surface area contributed by atoms with Gasteiger partial charge < -0.3 is 16.7 Å². The molecule has 2 unspecified atom stereocenters. The zero-order chi connectivity index (χ0) is 10.8. The largest absolute Gasteiger partial charge is 0.512 e. The molecule has 0 bridgehead atoms. The average molecular weight is 196 g/mol. The second-order valence-electron chi connectivity index (χ2n) is 4.14. The maximum Gasteiger partial charge on any atom is 0.0876 e. The Hall–Kier alpha value is -0.550. The second-order valence-corrected chi connectivity index (χ2v) is 4.14. The first-order valence-electron chi connectivity index (χ1n) is 5.95. The van der Waals surface area contributed by atoms with Crippen LogP contribution in [0.4, 0.5) is 0 Å². The molecule has 0 aromatic carbocycles. The Morgan fingerprint density at radius 2 is 2.00 bits per heavy atom. The topological polar surface area (TPSA) is 28.2 Å². The molecule has 1 rings (SSSR count). The number of rotatable bonds is 5. The van der Waals surface area contributed by atoms with Crippen molar-refractivity contribution in [3.05, 3.63) is 6.57 Å². The summed E-state index contributed by atoms with van der Waals surface area (Å²) in [6, 6.07) is 1.02. The molecule has 0 aromatic heterocycles. The van der Waals surface area contributed by atoms with E-state index in [0.29, 0.717) is 0 Å². The Morgan fingerprint density at radius 1 is 1.29 bits per heavy atom. The standard InChI is InChI=1S/C11H23N.CN/c1-3-5-9-12-10-6-8-11(12)7-4-2;1-2/h11H,3-10H2,1-2H3;/q;-1/p+1. The van der Waals surface area contributed by atoms with Gasteiger partial charge in [-0.1, -0.05) is 26.7 Å². The van der Waals surface area contributed by atoms with E-state index >= 15 is 0 Å². The number of unbranched alkanes of at least 4 members (excludes halogenated alkanes) is 1. The van der Waals surface area contributed by atoms with Crippen LogP contribution in [0.1, 0.15) is 52.4 Å². The molecule has 0 amide bonds. The third kappa shape index (κ3) is 4.62. The van der Waals surface area contributed by atoms with E-state index in [4.69, 9.17) is 11.8 Å². The van der Waals surface area contributed by atoms with Gasteiger partial charge in [0.25, 0.3) is 0 Å². The summed E-state index contributed by atoms with van der Waals surface area (Å²) in [5.41, 5.74) is 0. The molecule has 1 heterocycles. The zero-order valence-corrected chi connectivity index (χ0v) is 9.68. The molecule has 1 aliphatic rings. The van der Waals surface area contributed by atoms with Crippen LogP contribution in [0.25, 0.3) is 0 Å². The SMILES string of the molecule is CCCC[NH+]1CCCC1CCC.[C-]#N. The Bertz CT molecular complexity index is 143. The average Bonchev–Trinajstić information content (AvgIpc) is 2.66. The lowest BCUT2D eigenvalue weighted by Crippen LogP contribution is -3.13. The van der Waals surface area contributed by atoms with E-state index in [1.165, 1.54) is 51.6 Å². The summed E-state index contributed by atoms with van der Waals surface area (Å²) in [5.74, 6) is 0. The maximum absolute atomic E-state index is 6.25. The quantitative estimate of drug-likeness (QED) is 0.666. The van der Waals surface area contributed by atoms with E-state index in [9.17, 15) is 0 Å². The van der Waals surface area contributed by atoms with Crippen molar-refractivity contribution in [2.24, 2.45) is 0 Å². The van der Waals surface area contributed by atoms with Gasteiger partial charge in [0.1, 0.15) is 0 Å². The van der Waals surface area contributed by atoms with E-state index in [1.807, 2.05) is 4.90 Å². The van der Waals surface area contributed by atoms with Crippen LogP contribution in [-0.4, -0.2) is 19.1 Å². The minimum atomic E-state index is 1.02. The van der Waals surface area contributed by atoms with Gasteiger partial charge in [-0.25, -0.2) is 0 Å². The first kappa shape index (κ1) is 13.4. The predicted molar refractivity (Wildman–Crippen MR) is 58.5 cm³/mol. The number of hydrogen-bond acceptors (Lipinski definition) is 1. The number of nitrogens with one attached hydrogen (secondary N) is 1. The summed E-state index contributed by atoms with van der Waals surface area (Å²) < 4.78 is 0. The summed E-state index contributed by atoms with van der Waals surface area (Å²) in [4.78, 5) is 1.90. The van der Waals surface area contributed by atoms with Crippen molar-refractivity contribution in [1.82, 2.24) is 0 Å². The van der Waals surface area contributed by atoms with Crippen molar-refractivity contribution >= 4 is 0 Å². The van der Waals surface area contributed by atoms with Crippen molar-refractivity contribution in [1.29, 1.82) is 5.26 Å². The monoisotopic (exact) mass is 196 g/mol. The number of likely N-dealkylation sites (tertiary alicyclic amines) is 1. The van der Waals surface area contributed by atoms with E-state index in [2.05, 4.69) is 13.8 Å². The summed E-state index contributed by atoms with van der Waals surface area (Å²) in [6.45, 7) is 12.2. The van der Waals surface area contributed by atoms with Crippen LogP contribution in [0.15, 0.2) is 0 Å². The molecule has 14 heavy (non-hydrogen) atoms. The van der Waals surface area contributed by atoms with Gasteiger partial charge >= 0.3 is 0 Å². The van der Waals surface area contributed by atoms with Crippen molar-refractivity contribution in [3.8, 4) is 0 Å². The first-order chi connectivity index (χ1) is 6.88. The van der Waals surface area contributed by atoms with Gasteiger partial charge in [0.05, 0.1) is 19.1 Å². The lowest BCUT2D eigenvalue weighted by Gasteiger charge is -2.20. The minimum Gasteiger partial charge on any atom is -0.512 e. The highest BCUT2D eigenvalue weighted by molar-refractivity contribution is 4.61.